The van der Waals surface area contributed by atoms with Crippen LogP contribution in [0.2, 0.25) is 0 Å². The van der Waals surface area contributed by atoms with E-state index in [1.807, 2.05) is 30.3 Å². The molecule has 0 aliphatic carbocycles. The van der Waals surface area contributed by atoms with E-state index in [1.165, 1.54) is 6.07 Å². The normalized spacial score (nSPS) is 17.5. The highest BCUT2D eigenvalue weighted by Gasteiger charge is 2.21. The largest absolute Gasteiger partial charge is 0.385 e. The SMILES string of the molecule is OC(CN1CCN(c2ccccc2F)CC1)c1ccccn1. The number of aromatic nitrogens is 1. The van der Waals surface area contributed by atoms with Gasteiger partial charge in [0.2, 0.25) is 0 Å². The van der Waals surface area contributed by atoms with Crippen LogP contribution in [-0.2, 0) is 0 Å². The number of aliphatic hydroxyl groups is 1. The summed E-state index contributed by atoms with van der Waals surface area (Å²) in [6, 6.07) is 12.4. The van der Waals surface area contributed by atoms with Crippen molar-refractivity contribution < 1.29 is 9.50 Å². The van der Waals surface area contributed by atoms with Gasteiger partial charge in [-0.25, -0.2) is 4.39 Å². The quantitative estimate of drug-likeness (QED) is 0.938. The van der Waals surface area contributed by atoms with Crippen molar-refractivity contribution >= 4 is 5.69 Å². The molecule has 1 saturated heterocycles. The molecule has 22 heavy (non-hydrogen) atoms. The van der Waals surface area contributed by atoms with Crippen LogP contribution in [-0.4, -0.2) is 47.7 Å². The fourth-order valence-electron chi connectivity index (χ4n) is 2.79. The van der Waals surface area contributed by atoms with Crippen LogP contribution < -0.4 is 4.90 Å². The van der Waals surface area contributed by atoms with Crippen LogP contribution in [0.25, 0.3) is 0 Å². The lowest BCUT2D eigenvalue weighted by Gasteiger charge is -2.36. The summed E-state index contributed by atoms with van der Waals surface area (Å²) in [5, 5.41) is 10.2. The Labute approximate surface area is 129 Å². The lowest BCUT2D eigenvalue weighted by molar-refractivity contribution is 0.106. The molecule has 1 aliphatic rings. The Kier molecular flexibility index (Phi) is 4.65. The first kappa shape index (κ1) is 14.9. The van der Waals surface area contributed by atoms with Gasteiger partial charge in [-0.1, -0.05) is 18.2 Å². The zero-order chi connectivity index (χ0) is 15.4. The van der Waals surface area contributed by atoms with Gasteiger partial charge >= 0.3 is 0 Å². The highest BCUT2D eigenvalue weighted by atomic mass is 19.1. The van der Waals surface area contributed by atoms with Crippen molar-refractivity contribution in [2.75, 3.05) is 37.6 Å². The maximum Gasteiger partial charge on any atom is 0.146 e. The van der Waals surface area contributed by atoms with E-state index >= 15 is 0 Å². The van der Waals surface area contributed by atoms with Crippen LogP contribution in [0.15, 0.2) is 48.7 Å². The van der Waals surface area contributed by atoms with Crippen LogP contribution in [0, 0.1) is 5.82 Å². The molecule has 1 aromatic carbocycles. The molecule has 2 aromatic rings. The van der Waals surface area contributed by atoms with Gasteiger partial charge in [-0.2, -0.15) is 0 Å². The number of nitrogens with zero attached hydrogens (tertiary/aromatic N) is 3. The average molecular weight is 301 g/mol. The molecule has 116 valence electrons. The van der Waals surface area contributed by atoms with Crippen molar-refractivity contribution in [2.45, 2.75) is 6.10 Å². The highest BCUT2D eigenvalue weighted by molar-refractivity contribution is 5.47. The molecule has 1 fully saturated rings. The predicted octanol–water partition coefficient (Wildman–Crippen LogP) is 2.08. The van der Waals surface area contributed by atoms with E-state index in [0.29, 0.717) is 17.9 Å². The van der Waals surface area contributed by atoms with E-state index in [-0.39, 0.29) is 5.82 Å². The van der Waals surface area contributed by atoms with Crippen LogP contribution in [0.3, 0.4) is 0 Å². The summed E-state index contributed by atoms with van der Waals surface area (Å²) in [5.41, 5.74) is 1.35. The summed E-state index contributed by atoms with van der Waals surface area (Å²) >= 11 is 0. The van der Waals surface area contributed by atoms with Crippen molar-refractivity contribution in [3.8, 4) is 0 Å². The molecule has 1 atom stereocenters. The van der Waals surface area contributed by atoms with Gasteiger partial charge in [0.05, 0.1) is 11.4 Å². The summed E-state index contributed by atoms with van der Waals surface area (Å²) in [6.45, 7) is 3.68. The van der Waals surface area contributed by atoms with E-state index < -0.39 is 6.10 Å². The molecule has 4 nitrogen and oxygen atoms in total. The Morgan fingerprint density at radius 3 is 2.45 bits per heavy atom. The van der Waals surface area contributed by atoms with E-state index in [1.54, 1.807) is 12.3 Å². The molecule has 0 radical (unpaired) electrons. The van der Waals surface area contributed by atoms with Gasteiger partial charge in [-0.3, -0.25) is 9.88 Å². The minimum atomic E-state index is -0.582. The molecule has 1 unspecified atom stereocenters. The van der Waals surface area contributed by atoms with E-state index in [2.05, 4.69) is 14.8 Å². The first-order valence-corrected chi connectivity index (χ1v) is 7.55. The number of hydrogen-bond acceptors (Lipinski definition) is 4. The lowest BCUT2D eigenvalue weighted by atomic mass is 10.2. The van der Waals surface area contributed by atoms with E-state index in [4.69, 9.17) is 0 Å². The molecule has 5 heteroatoms. The Morgan fingerprint density at radius 2 is 1.77 bits per heavy atom. The number of aliphatic hydroxyl groups excluding tert-OH is 1. The first-order valence-electron chi connectivity index (χ1n) is 7.55. The number of rotatable bonds is 4. The van der Waals surface area contributed by atoms with Crippen molar-refractivity contribution in [1.29, 1.82) is 0 Å². The second-order valence-corrected chi connectivity index (χ2v) is 5.51. The number of β-amino-alcohol motifs (C(OH)–C–C–N with tert-alkyl or cyclic N) is 1. The summed E-state index contributed by atoms with van der Waals surface area (Å²) in [5.74, 6) is -0.176. The Morgan fingerprint density at radius 1 is 1.05 bits per heavy atom. The topological polar surface area (TPSA) is 39.6 Å². The molecule has 0 bridgehead atoms. The maximum atomic E-state index is 13.8. The highest BCUT2D eigenvalue weighted by Crippen LogP contribution is 2.21. The second kappa shape index (κ2) is 6.85. The fourth-order valence-corrected chi connectivity index (χ4v) is 2.79. The van der Waals surface area contributed by atoms with Gasteiger partial charge < -0.3 is 10.0 Å². The van der Waals surface area contributed by atoms with Crippen molar-refractivity contribution in [1.82, 2.24) is 9.88 Å². The first-order chi connectivity index (χ1) is 10.7. The van der Waals surface area contributed by atoms with Gasteiger partial charge in [0.25, 0.3) is 0 Å². The number of para-hydroxylation sites is 1. The van der Waals surface area contributed by atoms with Gasteiger partial charge in [0, 0.05) is 38.9 Å². The number of piperazine rings is 1. The third-order valence-corrected chi connectivity index (χ3v) is 4.03. The van der Waals surface area contributed by atoms with Gasteiger partial charge in [-0.15, -0.1) is 0 Å². The molecule has 2 heterocycles. The standard InChI is InChI=1S/C17H20FN3O/c18-14-5-1-2-7-16(14)21-11-9-20(10-12-21)13-17(22)15-6-3-4-8-19-15/h1-8,17,22H,9-13H2. The summed E-state index contributed by atoms with van der Waals surface area (Å²) in [6.07, 6.45) is 1.11. The van der Waals surface area contributed by atoms with Crippen LogP contribution >= 0.6 is 0 Å². The Balaban J connectivity index is 1.55. The summed E-state index contributed by atoms with van der Waals surface area (Å²) < 4.78 is 13.8. The number of benzene rings is 1. The van der Waals surface area contributed by atoms with Crippen molar-refractivity contribution in [3.63, 3.8) is 0 Å². The molecule has 0 amide bonds. The Hall–Kier alpha value is -1.98. The minimum absolute atomic E-state index is 0.176. The number of halogens is 1. The van der Waals surface area contributed by atoms with Gasteiger partial charge in [-0.05, 0) is 24.3 Å². The van der Waals surface area contributed by atoms with Crippen LogP contribution in [0.1, 0.15) is 11.8 Å². The molecule has 3 rings (SSSR count). The molecule has 1 N–H and O–H groups in total. The smallest absolute Gasteiger partial charge is 0.146 e. The predicted molar refractivity (Wildman–Crippen MR) is 84.2 cm³/mol. The number of anilines is 1. The fraction of sp³-hybridized carbons (Fsp3) is 0.353. The maximum absolute atomic E-state index is 13.8. The minimum Gasteiger partial charge on any atom is -0.385 e. The van der Waals surface area contributed by atoms with Gasteiger partial charge in [0.1, 0.15) is 11.9 Å². The molecular formula is C17H20FN3O. The Bertz CT molecular complexity index is 600. The van der Waals surface area contributed by atoms with Crippen molar-refractivity contribution in [3.05, 3.63) is 60.2 Å². The average Bonchev–Trinajstić information content (AvgIpc) is 2.57. The summed E-state index contributed by atoms with van der Waals surface area (Å²) in [7, 11) is 0. The number of hydrogen-bond donors (Lipinski definition) is 1. The van der Waals surface area contributed by atoms with Gasteiger partial charge in [0.15, 0.2) is 0 Å². The molecule has 0 spiro atoms. The molecule has 1 aliphatic heterocycles. The molecule has 1 aromatic heterocycles. The second-order valence-electron chi connectivity index (χ2n) is 5.51. The monoisotopic (exact) mass is 301 g/mol. The van der Waals surface area contributed by atoms with Crippen LogP contribution in [0.5, 0.6) is 0 Å². The summed E-state index contributed by atoms with van der Waals surface area (Å²) in [4.78, 5) is 8.43. The number of pyridine rings is 1. The zero-order valence-electron chi connectivity index (χ0n) is 12.4. The third-order valence-electron chi connectivity index (χ3n) is 4.03. The third kappa shape index (κ3) is 3.43. The molecule has 0 saturated carbocycles. The van der Waals surface area contributed by atoms with Crippen molar-refractivity contribution in [2.24, 2.45) is 0 Å². The molecular weight excluding hydrogens is 281 g/mol. The zero-order valence-corrected chi connectivity index (χ0v) is 12.4. The van der Waals surface area contributed by atoms with Crippen LogP contribution in [0.4, 0.5) is 10.1 Å². The van der Waals surface area contributed by atoms with E-state index in [0.717, 1.165) is 26.2 Å². The lowest BCUT2D eigenvalue weighted by Crippen LogP contribution is -2.47. The van der Waals surface area contributed by atoms with E-state index in [9.17, 15) is 9.50 Å².